The van der Waals surface area contributed by atoms with Crippen molar-refractivity contribution in [2.45, 2.75) is 45.1 Å². The minimum Gasteiger partial charge on any atom is -0.325 e. The van der Waals surface area contributed by atoms with Crippen molar-refractivity contribution >= 4 is 27.5 Å². The molecule has 0 spiro atoms. The minimum atomic E-state index is -0.410. The molecule has 0 aromatic heterocycles. The first-order chi connectivity index (χ1) is 10.1. The maximum absolute atomic E-state index is 13.8. The Morgan fingerprint density at radius 1 is 1.24 bits per heavy atom. The normalized spacial score (nSPS) is 18.6. The van der Waals surface area contributed by atoms with E-state index >= 15 is 0 Å². The van der Waals surface area contributed by atoms with E-state index in [4.69, 9.17) is 0 Å². The lowest BCUT2D eigenvalue weighted by molar-refractivity contribution is -0.914. The van der Waals surface area contributed by atoms with Crippen LogP contribution in [0.3, 0.4) is 0 Å². The van der Waals surface area contributed by atoms with Crippen molar-refractivity contribution in [2.24, 2.45) is 0 Å². The summed E-state index contributed by atoms with van der Waals surface area (Å²) in [5.41, 5.74) is 0.251. The molecule has 5 heteroatoms. The average molecular weight is 358 g/mol. The molecule has 1 aromatic rings. The summed E-state index contributed by atoms with van der Waals surface area (Å²) in [5, 5.41) is 2.71. The van der Waals surface area contributed by atoms with Gasteiger partial charge in [-0.3, -0.25) is 4.79 Å². The average Bonchev–Trinajstić information content (AvgIpc) is 2.41. The van der Waals surface area contributed by atoms with Crippen LogP contribution in [0.2, 0.25) is 0 Å². The lowest BCUT2D eigenvalue weighted by atomic mass is 10.1. The molecule has 2 rings (SSSR count). The number of halogens is 2. The predicted molar refractivity (Wildman–Crippen MR) is 86.0 cm³/mol. The monoisotopic (exact) mass is 357 g/mol. The zero-order chi connectivity index (χ0) is 15.2. The Balaban J connectivity index is 1.97. The maximum atomic E-state index is 13.8. The third kappa shape index (κ3) is 4.78. The van der Waals surface area contributed by atoms with Gasteiger partial charge >= 0.3 is 0 Å². The van der Waals surface area contributed by atoms with E-state index in [1.54, 1.807) is 12.1 Å². The van der Waals surface area contributed by atoms with Gasteiger partial charge < -0.3 is 10.2 Å². The highest BCUT2D eigenvalue weighted by molar-refractivity contribution is 9.10. The highest BCUT2D eigenvalue weighted by Gasteiger charge is 2.25. The smallest absolute Gasteiger partial charge is 0.282 e. The summed E-state index contributed by atoms with van der Waals surface area (Å²) < 4.78 is 14.5. The Morgan fingerprint density at radius 3 is 2.48 bits per heavy atom. The van der Waals surface area contributed by atoms with Gasteiger partial charge in [0.05, 0.1) is 18.8 Å². The minimum absolute atomic E-state index is 0.105. The number of nitrogens with one attached hydrogen (secondary N) is 2. The van der Waals surface area contributed by atoms with Gasteiger partial charge in [0.2, 0.25) is 0 Å². The fourth-order valence-electron chi connectivity index (χ4n) is 2.81. The van der Waals surface area contributed by atoms with E-state index in [1.807, 2.05) is 6.92 Å². The van der Waals surface area contributed by atoms with E-state index in [-0.39, 0.29) is 17.6 Å². The number of hydrogen-bond acceptors (Lipinski definition) is 1. The van der Waals surface area contributed by atoms with Crippen molar-refractivity contribution in [3.05, 3.63) is 28.5 Å². The molecule has 2 N–H and O–H groups in total. The van der Waals surface area contributed by atoms with Gasteiger partial charge in [-0.2, -0.15) is 0 Å². The van der Waals surface area contributed by atoms with Gasteiger partial charge in [0.25, 0.3) is 5.91 Å². The molecule has 0 bridgehead atoms. The highest BCUT2D eigenvalue weighted by Crippen LogP contribution is 2.19. The zero-order valence-corrected chi connectivity index (χ0v) is 14.0. The SMILES string of the molecule is C[C@H](C(=O)Nc1ccc(Br)cc1F)[NH+]1CCCCCCC1. The van der Waals surface area contributed by atoms with Gasteiger partial charge in [0, 0.05) is 4.47 Å². The molecule has 3 nitrogen and oxygen atoms in total. The molecule has 1 saturated heterocycles. The van der Waals surface area contributed by atoms with Crippen LogP contribution in [0.25, 0.3) is 0 Å². The third-order valence-corrected chi connectivity index (χ3v) is 4.68. The van der Waals surface area contributed by atoms with Crippen molar-refractivity contribution < 1.29 is 14.1 Å². The Bertz CT molecular complexity index is 487. The Labute approximate surface area is 134 Å². The molecule has 1 aromatic carbocycles. The number of carbonyl (C=O) groups is 1. The fourth-order valence-corrected chi connectivity index (χ4v) is 3.14. The molecule has 0 unspecified atom stereocenters. The quantitative estimate of drug-likeness (QED) is 0.856. The standard InChI is InChI=1S/C16H22BrFN2O/c1-12(20-9-5-3-2-4-6-10-20)16(21)19-15-8-7-13(17)11-14(15)18/h7-8,11-12H,2-6,9-10H2,1H3,(H,19,21)/p+1/t12-/m1/s1. The molecule has 21 heavy (non-hydrogen) atoms. The summed E-state index contributed by atoms with van der Waals surface area (Å²) in [6, 6.07) is 4.54. The van der Waals surface area contributed by atoms with Crippen LogP contribution in [0.1, 0.15) is 39.0 Å². The van der Waals surface area contributed by atoms with Crippen molar-refractivity contribution in [1.29, 1.82) is 0 Å². The molecule has 1 atom stereocenters. The second-order valence-corrected chi connectivity index (χ2v) is 6.68. The van der Waals surface area contributed by atoms with Crippen LogP contribution < -0.4 is 10.2 Å². The molecule has 0 aliphatic carbocycles. The Morgan fingerprint density at radius 2 is 1.86 bits per heavy atom. The summed E-state index contributed by atoms with van der Waals surface area (Å²) >= 11 is 3.21. The molecule has 1 amide bonds. The summed E-state index contributed by atoms with van der Waals surface area (Å²) in [5.74, 6) is -0.514. The van der Waals surface area contributed by atoms with Crippen molar-refractivity contribution in [2.75, 3.05) is 18.4 Å². The number of carbonyl (C=O) groups excluding carboxylic acids is 1. The van der Waals surface area contributed by atoms with Crippen LogP contribution in [0.4, 0.5) is 10.1 Å². The summed E-state index contributed by atoms with van der Waals surface area (Å²) in [6.45, 7) is 3.98. The number of rotatable bonds is 3. The second-order valence-electron chi connectivity index (χ2n) is 5.76. The van der Waals surface area contributed by atoms with Crippen LogP contribution >= 0.6 is 15.9 Å². The largest absolute Gasteiger partial charge is 0.325 e. The molecule has 1 heterocycles. The first kappa shape index (κ1) is 16.4. The molecule has 0 saturated carbocycles. The summed E-state index contributed by atoms with van der Waals surface area (Å²) in [4.78, 5) is 13.6. The number of quaternary nitrogens is 1. The molecule has 116 valence electrons. The molecule has 1 fully saturated rings. The van der Waals surface area contributed by atoms with E-state index in [1.165, 1.54) is 43.1 Å². The van der Waals surface area contributed by atoms with Crippen LogP contribution in [0.5, 0.6) is 0 Å². The predicted octanol–water partition coefficient (Wildman–Crippen LogP) is 2.76. The van der Waals surface area contributed by atoms with E-state index in [2.05, 4.69) is 21.2 Å². The fraction of sp³-hybridized carbons (Fsp3) is 0.562. The molecule has 1 aliphatic heterocycles. The number of likely N-dealkylation sites (tertiary alicyclic amines) is 1. The summed E-state index contributed by atoms with van der Waals surface area (Å²) in [6.07, 6.45) is 6.13. The lowest BCUT2D eigenvalue weighted by Gasteiger charge is -2.27. The molecular weight excluding hydrogens is 335 g/mol. The Kier molecular flexibility index (Phi) is 6.18. The maximum Gasteiger partial charge on any atom is 0.282 e. The van der Waals surface area contributed by atoms with E-state index < -0.39 is 5.82 Å². The van der Waals surface area contributed by atoms with E-state index in [9.17, 15) is 9.18 Å². The van der Waals surface area contributed by atoms with Crippen LogP contribution in [-0.4, -0.2) is 25.0 Å². The number of hydrogen-bond donors (Lipinski definition) is 2. The van der Waals surface area contributed by atoms with E-state index in [0.717, 1.165) is 13.1 Å². The van der Waals surface area contributed by atoms with Crippen LogP contribution in [0.15, 0.2) is 22.7 Å². The number of anilines is 1. The van der Waals surface area contributed by atoms with Crippen molar-refractivity contribution in [3.8, 4) is 0 Å². The highest BCUT2D eigenvalue weighted by atomic mass is 79.9. The van der Waals surface area contributed by atoms with Gasteiger partial charge in [-0.15, -0.1) is 0 Å². The number of amides is 1. The van der Waals surface area contributed by atoms with Gasteiger partial charge in [-0.1, -0.05) is 22.4 Å². The first-order valence-corrected chi connectivity index (χ1v) is 8.47. The third-order valence-electron chi connectivity index (χ3n) is 4.19. The van der Waals surface area contributed by atoms with Gasteiger partial charge in [-0.25, -0.2) is 4.39 Å². The van der Waals surface area contributed by atoms with Crippen LogP contribution in [-0.2, 0) is 4.79 Å². The van der Waals surface area contributed by atoms with Gasteiger partial charge in [-0.05, 0) is 50.8 Å². The van der Waals surface area contributed by atoms with E-state index in [0.29, 0.717) is 4.47 Å². The molecule has 0 radical (unpaired) electrons. The summed E-state index contributed by atoms with van der Waals surface area (Å²) in [7, 11) is 0. The second kappa shape index (κ2) is 7.90. The van der Waals surface area contributed by atoms with Gasteiger partial charge in [0.1, 0.15) is 5.82 Å². The first-order valence-electron chi connectivity index (χ1n) is 7.68. The topological polar surface area (TPSA) is 33.5 Å². The molecule has 1 aliphatic rings. The van der Waals surface area contributed by atoms with Gasteiger partial charge in [0.15, 0.2) is 6.04 Å². The van der Waals surface area contributed by atoms with Crippen molar-refractivity contribution in [1.82, 2.24) is 0 Å². The van der Waals surface area contributed by atoms with Crippen molar-refractivity contribution in [3.63, 3.8) is 0 Å². The Hall–Kier alpha value is -0.940. The number of benzene rings is 1. The zero-order valence-electron chi connectivity index (χ0n) is 12.4. The van der Waals surface area contributed by atoms with Crippen LogP contribution in [0, 0.1) is 5.82 Å². The lowest BCUT2D eigenvalue weighted by Crippen LogP contribution is -3.16. The molecular formula is C16H23BrFN2O+.